The van der Waals surface area contributed by atoms with Crippen molar-refractivity contribution in [3.8, 4) is 5.88 Å². The summed E-state index contributed by atoms with van der Waals surface area (Å²) in [6, 6.07) is 1.87. The Morgan fingerprint density at radius 1 is 1.41 bits per heavy atom. The number of hydrogen-bond acceptors (Lipinski definition) is 5. The lowest BCUT2D eigenvalue weighted by Gasteiger charge is -2.18. The minimum atomic E-state index is 0.129. The molecular weight excluding hydrogens is 216 g/mol. The molecule has 96 valence electrons. The third kappa shape index (κ3) is 4.99. The normalized spacial score (nSPS) is 10.6. The molecule has 0 aliphatic rings. The summed E-state index contributed by atoms with van der Waals surface area (Å²) in [5, 5.41) is 3.28. The first-order chi connectivity index (χ1) is 8.13. The maximum atomic E-state index is 5.54. The molecule has 0 fully saturated rings. The van der Waals surface area contributed by atoms with E-state index in [1.807, 2.05) is 27.0 Å². The van der Waals surface area contributed by atoms with E-state index >= 15 is 0 Å². The molecule has 0 atom stereocenters. The molecule has 5 heteroatoms. The molecule has 0 amide bonds. The zero-order valence-electron chi connectivity index (χ0n) is 11.1. The first-order valence-electron chi connectivity index (χ1n) is 6.04. The van der Waals surface area contributed by atoms with Gasteiger partial charge in [0.2, 0.25) is 5.88 Å². The van der Waals surface area contributed by atoms with E-state index in [-0.39, 0.29) is 6.10 Å². The minimum Gasteiger partial charge on any atom is -0.475 e. The van der Waals surface area contributed by atoms with Crippen molar-refractivity contribution in [2.75, 3.05) is 31.6 Å². The summed E-state index contributed by atoms with van der Waals surface area (Å²) in [7, 11) is 2.01. The number of likely N-dealkylation sites (N-methyl/N-ethyl adjacent to an activating group) is 2. The van der Waals surface area contributed by atoms with Crippen LogP contribution < -0.4 is 15.0 Å². The van der Waals surface area contributed by atoms with Crippen LogP contribution in [0, 0.1) is 0 Å². The minimum absolute atomic E-state index is 0.129. The zero-order chi connectivity index (χ0) is 12.7. The molecule has 5 nitrogen and oxygen atoms in total. The Kier molecular flexibility index (Phi) is 5.69. The van der Waals surface area contributed by atoms with Gasteiger partial charge in [-0.05, 0) is 20.4 Å². The predicted octanol–water partition coefficient (Wildman–Crippen LogP) is 1.31. The Hall–Kier alpha value is -1.36. The Labute approximate surface area is 103 Å². The molecular formula is C12H22N4O. The molecule has 0 aliphatic heterocycles. The largest absolute Gasteiger partial charge is 0.475 e. The van der Waals surface area contributed by atoms with E-state index in [4.69, 9.17) is 4.74 Å². The monoisotopic (exact) mass is 238 g/mol. The molecule has 1 aromatic rings. The van der Waals surface area contributed by atoms with Crippen molar-refractivity contribution in [2.24, 2.45) is 0 Å². The van der Waals surface area contributed by atoms with E-state index < -0.39 is 0 Å². The molecule has 1 heterocycles. The number of anilines is 1. The fourth-order valence-corrected chi connectivity index (χ4v) is 1.38. The third-order valence-corrected chi connectivity index (χ3v) is 2.25. The van der Waals surface area contributed by atoms with Gasteiger partial charge in [-0.15, -0.1) is 0 Å². The van der Waals surface area contributed by atoms with Crippen molar-refractivity contribution in [3.05, 3.63) is 12.4 Å². The fraction of sp³-hybridized carbons (Fsp3) is 0.667. The van der Waals surface area contributed by atoms with Gasteiger partial charge in [-0.25, -0.2) is 9.97 Å². The van der Waals surface area contributed by atoms with Crippen molar-refractivity contribution < 1.29 is 4.74 Å². The zero-order valence-corrected chi connectivity index (χ0v) is 11.1. The van der Waals surface area contributed by atoms with Gasteiger partial charge < -0.3 is 15.0 Å². The number of hydrogen-bond donors (Lipinski definition) is 1. The molecule has 1 N–H and O–H groups in total. The summed E-state index contributed by atoms with van der Waals surface area (Å²) >= 11 is 0. The van der Waals surface area contributed by atoms with Crippen LogP contribution in [0.1, 0.15) is 20.8 Å². The molecule has 1 rings (SSSR count). The van der Waals surface area contributed by atoms with Crippen LogP contribution in [0.25, 0.3) is 0 Å². The van der Waals surface area contributed by atoms with Crippen molar-refractivity contribution in [2.45, 2.75) is 26.9 Å². The van der Waals surface area contributed by atoms with Crippen molar-refractivity contribution in [3.63, 3.8) is 0 Å². The van der Waals surface area contributed by atoms with Gasteiger partial charge in [-0.2, -0.15) is 0 Å². The number of nitrogens with zero attached hydrogens (tertiary/aromatic N) is 3. The summed E-state index contributed by atoms with van der Waals surface area (Å²) in [5.41, 5.74) is 0. The Morgan fingerprint density at radius 2 is 2.18 bits per heavy atom. The van der Waals surface area contributed by atoms with Crippen LogP contribution in [0.5, 0.6) is 5.88 Å². The number of rotatable bonds is 7. The molecule has 17 heavy (non-hydrogen) atoms. The lowest BCUT2D eigenvalue weighted by atomic mass is 10.4. The van der Waals surface area contributed by atoms with Crippen LogP contribution in [-0.2, 0) is 0 Å². The van der Waals surface area contributed by atoms with Crippen molar-refractivity contribution >= 4 is 5.82 Å². The molecule has 1 aromatic heterocycles. The van der Waals surface area contributed by atoms with Crippen molar-refractivity contribution in [1.29, 1.82) is 0 Å². The molecule has 0 unspecified atom stereocenters. The second kappa shape index (κ2) is 7.06. The highest BCUT2D eigenvalue weighted by molar-refractivity contribution is 5.39. The standard InChI is InChI=1S/C12H22N4O/c1-5-13-6-7-16(4)11-8-12(15-9-14-11)17-10(2)3/h8-10,13H,5-7H2,1-4H3. The van der Waals surface area contributed by atoms with E-state index in [0.717, 1.165) is 25.5 Å². The Morgan fingerprint density at radius 3 is 2.82 bits per heavy atom. The quantitative estimate of drug-likeness (QED) is 0.726. The molecule has 0 spiro atoms. The molecule has 0 saturated heterocycles. The maximum Gasteiger partial charge on any atom is 0.218 e. The van der Waals surface area contributed by atoms with Gasteiger partial charge in [0.1, 0.15) is 12.1 Å². The van der Waals surface area contributed by atoms with Crippen LogP contribution in [0.3, 0.4) is 0 Å². The molecule has 0 bridgehead atoms. The van der Waals surface area contributed by atoms with E-state index in [0.29, 0.717) is 5.88 Å². The summed E-state index contributed by atoms with van der Waals surface area (Å²) in [6.07, 6.45) is 1.67. The lowest BCUT2D eigenvalue weighted by Crippen LogP contribution is -2.29. The second-order valence-corrected chi connectivity index (χ2v) is 4.16. The Bertz CT molecular complexity index is 330. The van der Waals surface area contributed by atoms with Crippen LogP contribution >= 0.6 is 0 Å². The van der Waals surface area contributed by atoms with Crippen LogP contribution in [-0.4, -0.2) is 42.8 Å². The van der Waals surface area contributed by atoms with E-state index in [1.54, 1.807) is 0 Å². The van der Waals surface area contributed by atoms with Gasteiger partial charge in [0.15, 0.2) is 0 Å². The highest BCUT2D eigenvalue weighted by atomic mass is 16.5. The summed E-state index contributed by atoms with van der Waals surface area (Å²) in [4.78, 5) is 10.4. The van der Waals surface area contributed by atoms with Crippen LogP contribution in [0.2, 0.25) is 0 Å². The van der Waals surface area contributed by atoms with Gasteiger partial charge in [0.05, 0.1) is 6.10 Å². The Balaban J connectivity index is 2.57. The predicted molar refractivity (Wildman–Crippen MR) is 69.6 cm³/mol. The summed E-state index contributed by atoms with van der Waals surface area (Å²) < 4.78 is 5.54. The molecule has 0 radical (unpaired) electrons. The topological polar surface area (TPSA) is 50.3 Å². The fourth-order valence-electron chi connectivity index (χ4n) is 1.38. The molecule has 0 saturated carbocycles. The molecule has 0 aromatic carbocycles. The van der Waals surface area contributed by atoms with Crippen LogP contribution in [0.4, 0.5) is 5.82 Å². The lowest BCUT2D eigenvalue weighted by molar-refractivity contribution is 0.232. The third-order valence-electron chi connectivity index (χ3n) is 2.25. The van der Waals surface area contributed by atoms with Crippen LogP contribution in [0.15, 0.2) is 12.4 Å². The highest BCUT2D eigenvalue weighted by Gasteiger charge is 2.05. The van der Waals surface area contributed by atoms with Gasteiger partial charge in [0, 0.05) is 26.2 Å². The highest BCUT2D eigenvalue weighted by Crippen LogP contribution is 2.15. The van der Waals surface area contributed by atoms with Gasteiger partial charge in [-0.3, -0.25) is 0 Å². The first-order valence-corrected chi connectivity index (χ1v) is 6.04. The average molecular weight is 238 g/mol. The van der Waals surface area contributed by atoms with Gasteiger partial charge >= 0.3 is 0 Å². The SMILES string of the molecule is CCNCCN(C)c1cc(OC(C)C)ncn1. The smallest absolute Gasteiger partial charge is 0.218 e. The van der Waals surface area contributed by atoms with E-state index in [2.05, 4.69) is 27.1 Å². The number of nitrogens with one attached hydrogen (secondary N) is 1. The summed E-state index contributed by atoms with van der Waals surface area (Å²) in [6.45, 7) is 8.90. The second-order valence-electron chi connectivity index (χ2n) is 4.16. The van der Waals surface area contributed by atoms with E-state index in [9.17, 15) is 0 Å². The van der Waals surface area contributed by atoms with Crippen molar-refractivity contribution in [1.82, 2.24) is 15.3 Å². The van der Waals surface area contributed by atoms with Gasteiger partial charge in [-0.1, -0.05) is 6.92 Å². The number of aromatic nitrogens is 2. The average Bonchev–Trinajstić information content (AvgIpc) is 2.28. The summed E-state index contributed by atoms with van der Waals surface area (Å²) in [5.74, 6) is 1.51. The van der Waals surface area contributed by atoms with E-state index in [1.165, 1.54) is 6.33 Å². The molecule has 0 aliphatic carbocycles. The maximum absolute atomic E-state index is 5.54. The van der Waals surface area contributed by atoms with Gasteiger partial charge in [0.25, 0.3) is 0 Å². The first kappa shape index (κ1) is 13.7. The number of ether oxygens (including phenoxy) is 1.